The van der Waals surface area contributed by atoms with Crippen LogP contribution in [-0.4, -0.2) is 28.0 Å². The van der Waals surface area contributed by atoms with Crippen molar-refractivity contribution in [3.63, 3.8) is 0 Å². The smallest absolute Gasteiger partial charge is 0.264 e. The van der Waals surface area contributed by atoms with Crippen molar-refractivity contribution in [3.05, 3.63) is 84.4 Å². The third-order valence-electron chi connectivity index (χ3n) is 4.31. The van der Waals surface area contributed by atoms with Crippen LogP contribution >= 0.6 is 0 Å². The number of carbonyl (C=O) groups excluding carboxylic acids is 1. The maximum atomic E-state index is 13.4. The van der Waals surface area contributed by atoms with Gasteiger partial charge < -0.3 is 10.1 Å². The maximum Gasteiger partial charge on any atom is 0.264 e. The Hall–Kier alpha value is -3.32. The molecule has 0 saturated carbocycles. The lowest BCUT2D eigenvalue weighted by Gasteiger charge is -2.25. The number of benzene rings is 3. The monoisotopic (exact) mass is 410 g/mol. The van der Waals surface area contributed by atoms with Crippen LogP contribution in [0.1, 0.15) is 5.56 Å². The van der Waals surface area contributed by atoms with Crippen molar-refractivity contribution in [2.75, 3.05) is 23.3 Å². The summed E-state index contributed by atoms with van der Waals surface area (Å²) in [6, 6.07) is 22.1. The molecule has 1 N–H and O–H groups in total. The van der Waals surface area contributed by atoms with Crippen LogP contribution in [0, 0.1) is 6.92 Å². The highest BCUT2D eigenvalue weighted by Crippen LogP contribution is 2.32. The van der Waals surface area contributed by atoms with Crippen LogP contribution in [0.3, 0.4) is 0 Å². The van der Waals surface area contributed by atoms with E-state index in [2.05, 4.69) is 5.32 Å². The Kier molecular flexibility index (Phi) is 6.19. The number of aryl methyl sites for hydroxylation is 1. The van der Waals surface area contributed by atoms with Gasteiger partial charge in [-0.2, -0.15) is 0 Å². The minimum atomic E-state index is -4.00. The Balaban J connectivity index is 2.00. The van der Waals surface area contributed by atoms with Crippen LogP contribution in [-0.2, 0) is 14.8 Å². The quantitative estimate of drug-likeness (QED) is 0.642. The summed E-state index contributed by atoms with van der Waals surface area (Å²) in [6.45, 7) is 1.48. The first kappa shape index (κ1) is 20.4. The average molecular weight is 410 g/mol. The van der Waals surface area contributed by atoms with Crippen molar-refractivity contribution in [1.29, 1.82) is 0 Å². The number of amides is 1. The SMILES string of the molecule is COc1ccccc1N(CC(=O)Nc1ccccc1)S(=O)(=O)c1ccc(C)cc1. The number of para-hydroxylation sites is 3. The standard InChI is InChI=1S/C22H22N2O4S/c1-17-12-14-19(15-13-17)29(26,27)24(20-10-6-7-11-21(20)28-2)16-22(25)23-18-8-4-3-5-9-18/h3-15H,16H2,1-2H3,(H,23,25). The van der Waals surface area contributed by atoms with E-state index in [4.69, 9.17) is 4.74 Å². The third kappa shape index (κ3) is 4.75. The Bertz CT molecular complexity index is 1080. The fourth-order valence-electron chi connectivity index (χ4n) is 2.83. The first-order chi connectivity index (χ1) is 13.9. The lowest BCUT2D eigenvalue weighted by atomic mass is 10.2. The number of nitrogens with one attached hydrogen (secondary N) is 1. The van der Waals surface area contributed by atoms with Crippen molar-refractivity contribution >= 4 is 27.3 Å². The molecule has 7 heteroatoms. The molecule has 0 radical (unpaired) electrons. The molecular formula is C22H22N2O4S. The van der Waals surface area contributed by atoms with Crippen LogP contribution in [0.4, 0.5) is 11.4 Å². The van der Waals surface area contributed by atoms with Crippen LogP contribution in [0.25, 0.3) is 0 Å². The number of sulfonamides is 1. The Labute approximate surface area is 170 Å². The maximum absolute atomic E-state index is 13.4. The molecule has 6 nitrogen and oxygen atoms in total. The molecule has 0 atom stereocenters. The summed E-state index contributed by atoms with van der Waals surface area (Å²) in [5.41, 5.74) is 1.82. The fourth-order valence-corrected chi connectivity index (χ4v) is 4.26. The molecule has 0 unspecified atom stereocenters. The molecular weight excluding hydrogens is 388 g/mol. The van der Waals surface area contributed by atoms with E-state index in [1.165, 1.54) is 19.2 Å². The fraction of sp³-hybridized carbons (Fsp3) is 0.136. The van der Waals surface area contributed by atoms with Gasteiger partial charge >= 0.3 is 0 Å². The molecule has 29 heavy (non-hydrogen) atoms. The van der Waals surface area contributed by atoms with E-state index in [0.717, 1.165) is 9.87 Å². The average Bonchev–Trinajstić information content (AvgIpc) is 2.73. The van der Waals surface area contributed by atoms with Gasteiger partial charge in [-0.3, -0.25) is 9.10 Å². The summed E-state index contributed by atoms with van der Waals surface area (Å²) < 4.78 is 33.2. The molecule has 0 spiro atoms. The zero-order valence-corrected chi connectivity index (χ0v) is 17.0. The van der Waals surface area contributed by atoms with Gasteiger partial charge in [0.25, 0.3) is 10.0 Å². The van der Waals surface area contributed by atoms with Crippen molar-refractivity contribution in [1.82, 2.24) is 0 Å². The number of methoxy groups -OCH3 is 1. The Morgan fingerprint density at radius 3 is 2.21 bits per heavy atom. The number of carbonyl (C=O) groups is 1. The first-order valence-corrected chi connectivity index (χ1v) is 10.4. The topological polar surface area (TPSA) is 75.7 Å². The molecule has 3 aromatic rings. The van der Waals surface area contributed by atoms with Gasteiger partial charge in [-0.15, -0.1) is 0 Å². The van der Waals surface area contributed by atoms with Crippen molar-refractivity contribution < 1.29 is 17.9 Å². The van der Waals surface area contributed by atoms with E-state index in [1.54, 1.807) is 60.7 Å². The molecule has 3 aromatic carbocycles. The molecule has 0 saturated heterocycles. The number of anilines is 2. The second kappa shape index (κ2) is 8.79. The normalized spacial score (nSPS) is 11.0. The second-order valence-corrected chi connectivity index (χ2v) is 8.27. The number of hydrogen-bond acceptors (Lipinski definition) is 4. The minimum absolute atomic E-state index is 0.0986. The summed E-state index contributed by atoms with van der Waals surface area (Å²) in [4.78, 5) is 12.8. The van der Waals surface area contributed by atoms with Gasteiger partial charge in [0.15, 0.2) is 0 Å². The van der Waals surface area contributed by atoms with Gasteiger partial charge in [0.05, 0.1) is 17.7 Å². The number of rotatable bonds is 7. The summed E-state index contributed by atoms with van der Waals surface area (Å²) >= 11 is 0. The minimum Gasteiger partial charge on any atom is -0.495 e. The van der Waals surface area contributed by atoms with Gasteiger partial charge in [-0.25, -0.2) is 8.42 Å². The molecule has 1 amide bonds. The highest BCUT2D eigenvalue weighted by molar-refractivity contribution is 7.92. The Morgan fingerprint density at radius 1 is 0.931 bits per heavy atom. The molecule has 0 heterocycles. The van der Waals surface area contributed by atoms with Crippen molar-refractivity contribution in [2.45, 2.75) is 11.8 Å². The molecule has 0 aromatic heterocycles. The Morgan fingerprint density at radius 2 is 1.55 bits per heavy atom. The molecule has 0 aliphatic rings. The summed E-state index contributed by atoms with van der Waals surface area (Å²) in [5, 5.41) is 2.73. The zero-order valence-electron chi connectivity index (χ0n) is 16.2. The summed E-state index contributed by atoms with van der Waals surface area (Å²) in [6.07, 6.45) is 0. The first-order valence-electron chi connectivity index (χ1n) is 8.99. The number of hydrogen-bond donors (Lipinski definition) is 1. The molecule has 0 bridgehead atoms. The van der Waals surface area contributed by atoms with Gasteiger partial charge in [0, 0.05) is 5.69 Å². The van der Waals surface area contributed by atoms with Crippen LogP contribution in [0.15, 0.2) is 83.8 Å². The van der Waals surface area contributed by atoms with Crippen molar-refractivity contribution in [3.8, 4) is 5.75 Å². The largest absolute Gasteiger partial charge is 0.495 e. The third-order valence-corrected chi connectivity index (χ3v) is 6.08. The molecule has 0 fully saturated rings. The lowest BCUT2D eigenvalue weighted by molar-refractivity contribution is -0.114. The van der Waals surface area contributed by atoms with E-state index < -0.39 is 22.5 Å². The van der Waals surface area contributed by atoms with Gasteiger partial charge in [-0.1, -0.05) is 48.0 Å². The predicted molar refractivity (Wildman–Crippen MR) is 114 cm³/mol. The van der Waals surface area contributed by atoms with E-state index in [1.807, 2.05) is 13.0 Å². The highest BCUT2D eigenvalue weighted by atomic mass is 32.2. The lowest BCUT2D eigenvalue weighted by Crippen LogP contribution is -2.38. The van der Waals surface area contributed by atoms with Gasteiger partial charge in [0.2, 0.25) is 5.91 Å². The summed E-state index contributed by atoms with van der Waals surface area (Å²) in [7, 11) is -2.54. The predicted octanol–water partition coefficient (Wildman–Crippen LogP) is 3.84. The number of ether oxygens (including phenoxy) is 1. The highest BCUT2D eigenvalue weighted by Gasteiger charge is 2.29. The van der Waals surface area contributed by atoms with Crippen LogP contribution in [0.5, 0.6) is 5.75 Å². The molecule has 0 aliphatic carbocycles. The summed E-state index contributed by atoms with van der Waals surface area (Å²) in [5.74, 6) is -0.103. The van der Waals surface area contributed by atoms with E-state index in [0.29, 0.717) is 17.1 Å². The second-order valence-electron chi connectivity index (χ2n) is 6.41. The zero-order chi connectivity index (χ0) is 20.9. The van der Waals surface area contributed by atoms with Gasteiger partial charge in [-0.05, 0) is 43.3 Å². The van der Waals surface area contributed by atoms with E-state index >= 15 is 0 Å². The van der Waals surface area contributed by atoms with Crippen molar-refractivity contribution in [2.24, 2.45) is 0 Å². The molecule has 150 valence electrons. The van der Waals surface area contributed by atoms with E-state index in [-0.39, 0.29) is 4.90 Å². The van der Waals surface area contributed by atoms with Gasteiger partial charge in [0.1, 0.15) is 12.3 Å². The van der Waals surface area contributed by atoms with Crippen LogP contribution in [0.2, 0.25) is 0 Å². The van der Waals surface area contributed by atoms with E-state index in [9.17, 15) is 13.2 Å². The van der Waals surface area contributed by atoms with Crippen LogP contribution < -0.4 is 14.4 Å². The molecule has 3 rings (SSSR count). The number of nitrogens with zero attached hydrogens (tertiary/aromatic N) is 1. The molecule has 0 aliphatic heterocycles.